The van der Waals surface area contributed by atoms with Gasteiger partial charge in [-0.05, 0) is 0 Å². The van der Waals surface area contributed by atoms with E-state index in [0.29, 0.717) is 0 Å². The van der Waals surface area contributed by atoms with E-state index in [9.17, 15) is 0 Å². The van der Waals surface area contributed by atoms with Crippen LogP contribution < -0.4 is 10.7 Å². The summed E-state index contributed by atoms with van der Waals surface area (Å²) in [6.07, 6.45) is 6.75. The van der Waals surface area contributed by atoms with Gasteiger partial charge in [-0.15, -0.1) is 17.0 Å². The molecule has 0 saturated heterocycles. The van der Waals surface area contributed by atoms with Gasteiger partial charge < -0.3 is 6.15 Å². The number of unbranched alkanes of at least 4 members (excludes halogenated alkanes) is 1. The maximum atomic E-state index is 2.21. The third-order valence-electron chi connectivity index (χ3n) is 1.55. The molecule has 0 atom stereocenters. The molecule has 0 saturated carbocycles. The Morgan fingerprint density at radius 1 is 1.08 bits per heavy atom. The highest BCUT2D eigenvalue weighted by molar-refractivity contribution is 8.93. The van der Waals surface area contributed by atoms with Crippen molar-refractivity contribution in [2.45, 2.75) is 26.3 Å². The first-order chi connectivity index (χ1) is 4.93. The van der Waals surface area contributed by atoms with E-state index in [0.717, 1.165) is 6.54 Å². The fraction of sp³-hybridized carbons (Fsp3) is 0.444. The predicted octanol–water partition coefficient (Wildman–Crippen LogP) is 2.51. The standard InChI is InChI=1S/C9H14N.BrH.H3N/c1-2-3-7-10-8-5-4-6-9-10;;/h4-6,8-9H,2-3,7H2,1H3;1H;1H3/q+1;;. The SMILES string of the molecule is Br.CCCC[n+]1ccccc1.N. The summed E-state index contributed by atoms with van der Waals surface area (Å²) >= 11 is 0. The molecule has 0 aliphatic heterocycles. The predicted molar refractivity (Wildman–Crippen MR) is 56.9 cm³/mol. The van der Waals surface area contributed by atoms with Crippen molar-refractivity contribution in [2.75, 3.05) is 0 Å². The number of halogens is 1. The van der Waals surface area contributed by atoms with Gasteiger partial charge in [-0.1, -0.05) is 19.4 Å². The van der Waals surface area contributed by atoms with Crippen molar-refractivity contribution in [1.29, 1.82) is 0 Å². The maximum Gasteiger partial charge on any atom is 0.168 e. The molecule has 0 bridgehead atoms. The fourth-order valence-electron chi connectivity index (χ4n) is 0.924. The van der Waals surface area contributed by atoms with Gasteiger partial charge in [-0.2, -0.15) is 0 Å². The van der Waals surface area contributed by atoms with Crippen LogP contribution in [-0.4, -0.2) is 0 Å². The lowest BCUT2D eigenvalue weighted by Gasteiger charge is -1.91. The number of nitrogens with zero attached hydrogens (tertiary/aromatic N) is 1. The highest BCUT2D eigenvalue weighted by Crippen LogP contribution is 1.85. The van der Waals surface area contributed by atoms with Crippen molar-refractivity contribution >= 4 is 17.0 Å². The van der Waals surface area contributed by atoms with Gasteiger partial charge in [0.15, 0.2) is 12.4 Å². The molecular weight excluding hydrogens is 216 g/mol. The Bertz CT molecular complexity index is 177. The highest BCUT2D eigenvalue weighted by Gasteiger charge is 1.93. The lowest BCUT2D eigenvalue weighted by Crippen LogP contribution is -2.31. The van der Waals surface area contributed by atoms with E-state index in [1.807, 2.05) is 6.07 Å². The van der Waals surface area contributed by atoms with E-state index in [1.165, 1.54) is 12.8 Å². The summed E-state index contributed by atoms with van der Waals surface area (Å²) in [4.78, 5) is 0. The average Bonchev–Trinajstić information content (AvgIpc) is 2.03. The van der Waals surface area contributed by atoms with Crippen LogP contribution in [0.1, 0.15) is 19.8 Å². The molecule has 1 aromatic rings. The Labute approximate surface area is 85.0 Å². The molecule has 1 aromatic heterocycles. The van der Waals surface area contributed by atoms with Crippen LogP contribution in [0.3, 0.4) is 0 Å². The van der Waals surface area contributed by atoms with Crippen LogP contribution in [-0.2, 0) is 6.54 Å². The normalized spacial score (nSPS) is 8.08. The fourth-order valence-corrected chi connectivity index (χ4v) is 0.924. The maximum absolute atomic E-state index is 2.21. The Kier molecular flexibility index (Phi) is 10.2. The molecule has 1 rings (SSSR count). The molecule has 3 N–H and O–H groups in total. The van der Waals surface area contributed by atoms with E-state index in [4.69, 9.17) is 0 Å². The molecule has 12 heavy (non-hydrogen) atoms. The van der Waals surface area contributed by atoms with Crippen molar-refractivity contribution in [3.63, 3.8) is 0 Å². The van der Waals surface area contributed by atoms with Crippen molar-refractivity contribution in [2.24, 2.45) is 0 Å². The van der Waals surface area contributed by atoms with Gasteiger partial charge in [-0.3, -0.25) is 0 Å². The minimum atomic E-state index is 0. The number of pyridine rings is 1. The molecule has 0 radical (unpaired) electrons. The highest BCUT2D eigenvalue weighted by atomic mass is 79.9. The minimum Gasteiger partial charge on any atom is -0.344 e. The second-order valence-corrected chi connectivity index (χ2v) is 2.47. The Morgan fingerprint density at radius 2 is 1.67 bits per heavy atom. The average molecular weight is 234 g/mol. The largest absolute Gasteiger partial charge is 0.344 e. The lowest BCUT2D eigenvalue weighted by atomic mass is 10.3. The smallest absolute Gasteiger partial charge is 0.168 e. The topological polar surface area (TPSA) is 38.9 Å². The summed E-state index contributed by atoms with van der Waals surface area (Å²) in [7, 11) is 0. The van der Waals surface area contributed by atoms with E-state index in [-0.39, 0.29) is 23.1 Å². The summed E-state index contributed by atoms with van der Waals surface area (Å²) < 4.78 is 2.21. The third kappa shape index (κ3) is 5.27. The third-order valence-corrected chi connectivity index (χ3v) is 1.55. The molecule has 3 heteroatoms. The first kappa shape index (κ1) is 14.1. The summed E-state index contributed by atoms with van der Waals surface area (Å²) in [6, 6.07) is 6.17. The quantitative estimate of drug-likeness (QED) is 0.802. The molecule has 0 aliphatic carbocycles. The zero-order valence-corrected chi connectivity index (χ0v) is 9.28. The van der Waals surface area contributed by atoms with Gasteiger partial charge >= 0.3 is 0 Å². The van der Waals surface area contributed by atoms with Crippen molar-refractivity contribution in [1.82, 2.24) is 6.15 Å². The van der Waals surface area contributed by atoms with Crippen LogP contribution in [0.15, 0.2) is 30.6 Å². The van der Waals surface area contributed by atoms with E-state index in [1.54, 1.807) is 0 Å². The van der Waals surface area contributed by atoms with Gasteiger partial charge in [0.25, 0.3) is 0 Å². The number of hydrogen-bond donors (Lipinski definition) is 1. The van der Waals surface area contributed by atoms with Crippen molar-refractivity contribution in [3.8, 4) is 0 Å². The number of rotatable bonds is 3. The van der Waals surface area contributed by atoms with Gasteiger partial charge in [0, 0.05) is 18.6 Å². The molecule has 70 valence electrons. The monoisotopic (exact) mass is 233 g/mol. The summed E-state index contributed by atoms with van der Waals surface area (Å²) in [5, 5.41) is 0. The van der Waals surface area contributed by atoms with E-state index >= 15 is 0 Å². The molecule has 1 heterocycles. The van der Waals surface area contributed by atoms with Gasteiger partial charge in [-0.25, -0.2) is 4.57 Å². The number of aromatic nitrogens is 1. The second kappa shape index (κ2) is 8.68. The molecule has 0 fully saturated rings. The van der Waals surface area contributed by atoms with Gasteiger partial charge in [0.2, 0.25) is 0 Å². The Hall–Kier alpha value is -0.410. The van der Waals surface area contributed by atoms with Crippen LogP contribution in [0, 0.1) is 0 Å². The zero-order chi connectivity index (χ0) is 7.23. The summed E-state index contributed by atoms with van der Waals surface area (Å²) in [5.41, 5.74) is 0. The minimum absolute atomic E-state index is 0. The Morgan fingerprint density at radius 3 is 2.17 bits per heavy atom. The summed E-state index contributed by atoms with van der Waals surface area (Å²) in [5.74, 6) is 0. The molecule has 0 unspecified atom stereocenters. The van der Waals surface area contributed by atoms with Crippen LogP contribution in [0.25, 0.3) is 0 Å². The van der Waals surface area contributed by atoms with E-state index in [2.05, 4.69) is 36.0 Å². The van der Waals surface area contributed by atoms with Crippen LogP contribution in [0.4, 0.5) is 0 Å². The molecule has 0 spiro atoms. The Balaban J connectivity index is 0. The molecular formula is C9H18BrN2+. The number of hydrogen-bond acceptors (Lipinski definition) is 1. The first-order valence-electron chi connectivity index (χ1n) is 3.87. The zero-order valence-electron chi connectivity index (χ0n) is 7.57. The van der Waals surface area contributed by atoms with Gasteiger partial charge in [0.1, 0.15) is 6.54 Å². The second-order valence-electron chi connectivity index (χ2n) is 2.47. The lowest BCUT2D eigenvalue weighted by molar-refractivity contribution is -0.697. The van der Waals surface area contributed by atoms with Crippen LogP contribution in [0.5, 0.6) is 0 Å². The van der Waals surface area contributed by atoms with Crippen molar-refractivity contribution in [3.05, 3.63) is 30.6 Å². The first-order valence-corrected chi connectivity index (χ1v) is 3.87. The molecule has 0 amide bonds. The van der Waals surface area contributed by atoms with E-state index < -0.39 is 0 Å². The van der Waals surface area contributed by atoms with Crippen LogP contribution >= 0.6 is 17.0 Å². The van der Waals surface area contributed by atoms with Crippen LogP contribution in [0.2, 0.25) is 0 Å². The molecule has 0 aliphatic rings. The summed E-state index contributed by atoms with van der Waals surface area (Å²) in [6.45, 7) is 3.36. The molecule has 0 aromatic carbocycles. The van der Waals surface area contributed by atoms with Gasteiger partial charge in [0.05, 0.1) is 0 Å². The van der Waals surface area contributed by atoms with Crippen molar-refractivity contribution < 1.29 is 4.57 Å². The molecule has 2 nitrogen and oxygen atoms in total. The number of aryl methyl sites for hydroxylation is 1.